The van der Waals surface area contributed by atoms with E-state index in [0.29, 0.717) is 11.0 Å². The van der Waals surface area contributed by atoms with Gasteiger partial charge in [0.15, 0.2) is 0 Å². The first-order valence-electron chi connectivity index (χ1n) is 3.63. The van der Waals surface area contributed by atoms with Gasteiger partial charge in [-0.1, -0.05) is 11.6 Å². The lowest BCUT2D eigenvalue weighted by molar-refractivity contribution is 0.932. The first-order chi connectivity index (χ1) is 5.68. The number of aromatic nitrogens is 3. The molecule has 0 unspecified atom stereocenters. The van der Waals surface area contributed by atoms with Gasteiger partial charge in [0.2, 0.25) is 0 Å². The van der Waals surface area contributed by atoms with E-state index in [9.17, 15) is 0 Å². The number of hydrogen-bond donors (Lipinski definition) is 0. The maximum absolute atomic E-state index is 5.91. The van der Waals surface area contributed by atoms with Crippen LogP contribution in [0.1, 0.15) is 5.82 Å². The average molecular weight is 182 g/mol. The third-order valence-corrected chi connectivity index (χ3v) is 2.08. The fourth-order valence-corrected chi connectivity index (χ4v) is 1.47. The molecule has 0 saturated heterocycles. The van der Waals surface area contributed by atoms with Crippen LogP contribution in [0.3, 0.4) is 0 Å². The van der Waals surface area contributed by atoms with Gasteiger partial charge in [-0.15, -0.1) is 0 Å². The van der Waals surface area contributed by atoms with Crippen molar-refractivity contribution < 1.29 is 0 Å². The van der Waals surface area contributed by atoms with Crippen molar-refractivity contribution in [1.82, 2.24) is 14.5 Å². The highest BCUT2D eigenvalue weighted by Crippen LogP contribution is 2.19. The minimum atomic E-state index is 0.526. The summed E-state index contributed by atoms with van der Waals surface area (Å²) in [6.07, 6.45) is 1.92. The number of fused-ring (bicyclic) bond motifs is 1. The zero-order chi connectivity index (χ0) is 8.72. The number of hydrogen-bond acceptors (Lipinski definition) is 2. The molecule has 0 amide bonds. The van der Waals surface area contributed by atoms with E-state index < -0.39 is 0 Å². The summed E-state index contributed by atoms with van der Waals surface area (Å²) < 4.78 is 1.93. The molecule has 0 fully saturated rings. The highest BCUT2D eigenvalue weighted by atomic mass is 35.5. The Morgan fingerprint density at radius 3 is 2.92 bits per heavy atom. The first-order valence-corrected chi connectivity index (χ1v) is 4.01. The van der Waals surface area contributed by atoms with E-state index in [0.717, 1.165) is 11.0 Å². The molecule has 0 radical (unpaired) electrons. The normalized spacial score (nSPS) is 10.9. The van der Waals surface area contributed by atoms with E-state index in [4.69, 9.17) is 11.6 Å². The molecule has 0 atom stereocenters. The largest absolute Gasteiger partial charge is 0.335 e. The molecule has 0 aliphatic heterocycles. The van der Waals surface area contributed by atoms with Crippen molar-refractivity contribution in [2.24, 2.45) is 7.05 Å². The summed E-state index contributed by atoms with van der Waals surface area (Å²) in [5.74, 6) is 0.703. The van der Waals surface area contributed by atoms with Gasteiger partial charge in [-0.3, -0.25) is 0 Å². The predicted molar refractivity (Wildman–Crippen MR) is 48.3 cm³/mol. The van der Waals surface area contributed by atoms with Crippen molar-refractivity contribution in [3.05, 3.63) is 23.2 Å². The highest BCUT2D eigenvalue weighted by Gasteiger charge is 2.05. The fourth-order valence-electron chi connectivity index (χ4n) is 1.20. The predicted octanol–water partition coefficient (Wildman–Crippen LogP) is 1.93. The fraction of sp³-hybridized carbons (Fsp3) is 0.250. The van der Waals surface area contributed by atoms with Crippen molar-refractivity contribution in [2.75, 3.05) is 0 Å². The van der Waals surface area contributed by atoms with E-state index in [-0.39, 0.29) is 0 Å². The van der Waals surface area contributed by atoms with Crippen LogP contribution in [-0.4, -0.2) is 14.5 Å². The maximum atomic E-state index is 5.91. The topological polar surface area (TPSA) is 30.7 Å². The molecule has 62 valence electrons. The number of aryl methyl sites for hydroxylation is 2. The molecular weight excluding hydrogens is 174 g/mol. The number of halogens is 1. The highest BCUT2D eigenvalue weighted by molar-refractivity contribution is 6.33. The lowest BCUT2D eigenvalue weighted by Crippen LogP contribution is -1.93. The molecule has 0 N–H and O–H groups in total. The molecule has 3 nitrogen and oxygen atoms in total. The second-order valence-electron chi connectivity index (χ2n) is 2.73. The molecule has 2 rings (SSSR count). The summed E-state index contributed by atoms with van der Waals surface area (Å²) in [5.41, 5.74) is 0.882. The monoisotopic (exact) mass is 181 g/mol. The summed E-state index contributed by atoms with van der Waals surface area (Å²) in [7, 11) is 1.94. The van der Waals surface area contributed by atoms with Gasteiger partial charge in [-0.05, 0) is 13.0 Å². The smallest absolute Gasteiger partial charge is 0.144 e. The standard InChI is InChI=1S/C8H8ClN3/c1-5-10-7(9)6-3-4-12(2)8(6)11-5/h3-4H,1-2H3. The zero-order valence-corrected chi connectivity index (χ0v) is 7.63. The van der Waals surface area contributed by atoms with Crippen LogP contribution in [0.5, 0.6) is 0 Å². The number of nitrogens with zero attached hydrogens (tertiary/aromatic N) is 3. The molecule has 2 aromatic rings. The van der Waals surface area contributed by atoms with Crippen molar-refractivity contribution in [1.29, 1.82) is 0 Å². The van der Waals surface area contributed by atoms with E-state index in [1.165, 1.54) is 0 Å². The molecule has 2 heterocycles. The van der Waals surface area contributed by atoms with Crippen LogP contribution in [0.2, 0.25) is 5.15 Å². The van der Waals surface area contributed by atoms with Gasteiger partial charge >= 0.3 is 0 Å². The van der Waals surface area contributed by atoms with Crippen LogP contribution >= 0.6 is 11.6 Å². The maximum Gasteiger partial charge on any atom is 0.144 e. The molecule has 0 saturated carbocycles. The SMILES string of the molecule is Cc1nc(Cl)c2ccn(C)c2n1. The summed E-state index contributed by atoms with van der Waals surface area (Å²) in [6, 6.07) is 1.91. The van der Waals surface area contributed by atoms with E-state index in [1.54, 1.807) is 0 Å². The first kappa shape index (κ1) is 7.55. The van der Waals surface area contributed by atoms with Crippen LogP contribution < -0.4 is 0 Å². The minimum absolute atomic E-state index is 0.526. The minimum Gasteiger partial charge on any atom is -0.335 e. The van der Waals surface area contributed by atoms with Crippen LogP contribution in [0.25, 0.3) is 11.0 Å². The second-order valence-corrected chi connectivity index (χ2v) is 3.08. The number of rotatable bonds is 0. The van der Waals surface area contributed by atoms with Gasteiger partial charge in [0.05, 0.1) is 5.39 Å². The van der Waals surface area contributed by atoms with Gasteiger partial charge in [0.1, 0.15) is 16.6 Å². The average Bonchev–Trinajstić information content (AvgIpc) is 2.33. The molecule has 2 aromatic heterocycles. The van der Waals surface area contributed by atoms with Gasteiger partial charge in [-0.25, -0.2) is 9.97 Å². The summed E-state index contributed by atoms with van der Waals surface area (Å²) in [6.45, 7) is 1.83. The Kier molecular flexibility index (Phi) is 1.54. The second kappa shape index (κ2) is 2.45. The molecular formula is C8H8ClN3. The Balaban J connectivity index is 2.92. The summed E-state index contributed by atoms with van der Waals surface area (Å²) >= 11 is 5.91. The summed E-state index contributed by atoms with van der Waals surface area (Å²) in [5, 5.41) is 1.43. The Hall–Kier alpha value is -1.09. The molecule has 0 aromatic carbocycles. The molecule has 0 spiro atoms. The van der Waals surface area contributed by atoms with Crippen molar-refractivity contribution >= 4 is 22.6 Å². The third kappa shape index (κ3) is 0.975. The quantitative estimate of drug-likeness (QED) is 0.582. The molecule has 0 aliphatic carbocycles. The van der Waals surface area contributed by atoms with Crippen molar-refractivity contribution in [3.8, 4) is 0 Å². The van der Waals surface area contributed by atoms with Crippen LogP contribution in [0, 0.1) is 6.92 Å². The molecule has 12 heavy (non-hydrogen) atoms. The van der Waals surface area contributed by atoms with Gasteiger partial charge in [0.25, 0.3) is 0 Å². The van der Waals surface area contributed by atoms with E-state index >= 15 is 0 Å². The molecule has 4 heteroatoms. The van der Waals surface area contributed by atoms with E-state index in [1.807, 2.05) is 30.8 Å². The van der Waals surface area contributed by atoms with Gasteiger partial charge in [0, 0.05) is 13.2 Å². The Morgan fingerprint density at radius 1 is 1.42 bits per heavy atom. The van der Waals surface area contributed by atoms with Crippen LogP contribution in [0.4, 0.5) is 0 Å². The van der Waals surface area contributed by atoms with Crippen LogP contribution in [-0.2, 0) is 7.05 Å². The lowest BCUT2D eigenvalue weighted by atomic mass is 10.4. The Morgan fingerprint density at radius 2 is 2.17 bits per heavy atom. The van der Waals surface area contributed by atoms with Gasteiger partial charge in [-0.2, -0.15) is 0 Å². The Bertz CT molecular complexity index is 433. The zero-order valence-electron chi connectivity index (χ0n) is 6.87. The van der Waals surface area contributed by atoms with E-state index in [2.05, 4.69) is 9.97 Å². The van der Waals surface area contributed by atoms with Crippen LogP contribution in [0.15, 0.2) is 12.3 Å². The summed E-state index contributed by atoms with van der Waals surface area (Å²) in [4.78, 5) is 8.32. The van der Waals surface area contributed by atoms with Gasteiger partial charge < -0.3 is 4.57 Å². The molecule has 0 aliphatic rings. The van der Waals surface area contributed by atoms with Crippen molar-refractivity contribution in [3.63, 3.8) is 0 Å². The molecule has 0 bridgehead atoms. The van der Waals surface area contributed by atoms with Crippen molar-refractivity contribution in [2.45, 2.75) is 6.92 Å². The third-order valence-electron chi connectivity index (χ3n) is 1.79. The lowest BCUT2D eigenvalue weighted by Gasteiger charge is -1.97. The Labute approximate surface area is 75.0 Å².